The number of allylic oxidation sites excluding steroid dienone is 2. The van der Waals surface area contributed by atoms with Crippen molar-refractivity contribution in [2.24, 2.45) is 5.92 Å². The van der Waals surface area contributed by atoms with Crippen LogP contribution < -0.4 is 0 Å². The van der Waals surface area contributed by atoms with Crippen LogP contribution in [-0.2, 0) is 0 Å². The SMILES string of the molecule is CCSC(=S)C1C=CCCC1. The van der Waals surface area contributed by atoms with Crippen LogP contribution in [0, 0.1) is 5.92 Å². The van der Waals surface area contributed by atoms with E-state index in [1.54, 1.807) is 0 Å². The second kappa shape index (κ2) is 4.94. The molecule has 0 spiro atoms. The van der Waals surface area contributed by atoms with Gasteiger partial charge in [-0.1, -0.05) is 31.3 Å². The van der Waals surface area contributed by atoms with E-state index in [2.05, 4.69) is 19.1 Å². The van der Waals surface area contributed by atoms with Crippen LogP contribution in [-0.4, -0.2) is 9.95 Å². The summed E-state index contributed by atoms with van der Waals surface area (Å²) < 4.78 is 1.18. The Kier molecular flexibility index (Phi) is 4.16. The first-order chi connectivity index (χ1) is 5.34. The Morgan fingerprint density at radius 1 is 1.73 bits per heavy atom. The summed E-state index contributed by atoms with van der Waals surface area (Å²) in [6, 6.07) is 0. The minimum absolute atomic E-state index is 0.587. The molecule has 2 heteroatoms. The van der Waals surface area contributed by atoms with Crippen LogP contribution in [0.2, 0.25) is 0 Å². The first-order valence-corrected chi connectivity index (χ1v) is 5.57. The molecule has 1 unspecified atom stereocenters. The molecule has 0 fully saturated rings. The lowest BCUT2D eigenvalue weighted by atomic mass is 9.98. The molecule has 0 nitrogen and oxygen atoms in total. The van der Waals surface area contributed by atoms with Gasteiger partial charge in [0.1, 0.15) is 0 Å². The van der Waals surface area contributed by atoms with Crippen LogP contribution in [0.4, 0.5) is 0 Å². The average molecular weight is 186 g/mol. The molecular weight excluding hydrogens is 172 g/mol. The molecule has 0 aromatic heterocycles. The van der Waals surface area contributed by atoms with E-state index in [4.69, 9.17) is 12.2 Å². The second-order valence-electron chi connectivity index (χ2n) is 2.72. The van der Waals surface area contributed by atoms with Crippen LogP contribution in [0.1, 0.15) is 26.2 Å². The number of thioether (sulfide) groups is 1. The fraction of sp³-hybridized carbons (Fsp3) is 0.667. The van der Waals surface area contributed by atoms with Gasteiger partial charge in [0.15, 0.2) is 0 Å². The molecule has 62 valence electrons. The Balaban J connectivity index is 2.39. The first-order valence-electron chi connectivity index (χ1n) is 4.18. The summed E-state index contributed by atoms with van der Waals surface area (Å²) in [4.78, 5) is 0. The Morgan fingerprint density at radius 2 is 2.55 bits per heavy atom. The molecule has 0 heterocycles. The van der Waals surface area contributed by atoms with Gasteiger partial charge in [-0.25, -0.2) is 0 Å². The highest BCUT2D eigenvalue weighted by Crippen LogP contribution is 2.23. The quantitative estimate of drug-likeness (QED) is 0.479. The summed E-state index contributed by atoms with van der Waals surface area (Å²) in [5, 5.41) is 0. The lowest BCUT2D eigenvalue weighted by Gasteiger charge is -2.15. The molecule has 0 saturated carbocycles. The average Bonchev–Trinajstić information content (AvgIpc) is 2.07. The monoisotopic (exact) mass is 186 g/mol. The highest BCUT2D eigenvalue weighted by molar-refractivity contribution is 8.23. The van der Waals surface area contributed by atoms with Gasteiger partial charge in [-0.3, -0.25) is 0 Å². The largest absolute Gasteiger partial charge is 0.119 e. The van der Waals surface area contributed by atoms with E-state index in [1.165, 1.54) is 23.5 Å². The van der Waals surface area contributed by atoms with Crippen molar-refractivity contribution in [3.63, 3.8) is 0 Å². The zero-order valence-electron chi connectivity index (χ0n) is 6.88. The van der Waals surface area contributed by atoms with Crippen molar-refractivity contribution in [2.75, 3.05) is 5.75 Å². The van der Waals surface area contributed by atoms with Crippen LogP contribution in [0.3, 0.4) is 0 Å². The molecule has 1 aliphatic rings. The summed E-state index contributed by atoms with van der Waals surface area (Å²) >= 11 is 7.10. The van der Waals surface area contributed by atoms with E-state index in [-0.39, 0.29) is 0 Å². The maximum atomic E-state index is 5.28. The Morgan fingerprint density at radius 3 is 3.09 bits per heavy atom. The van der Waals surface area contributed by atoms with Gasteiger partial charge in [-0.15, -0.1) is 11.8 Å². The Bertz CT molecular complexity index is 161. The third-order valence-corrected chi connectivity index (χ3v) is 3.38. The molecule has 1 atom stereocenters. The van der Waals surface area contributed by atoms with Crippen molar-refractivity contribution in [3.8, 4) is 0 Å². The summed E-state index contributed by atoms with van der Waals surface area (Å²) in [5.74, 6) is 1.70. The Labute approximate surface area is 78.4 Å². The molecule has 0 aromatic carbocycles. The van der Waals surface area contributed by atoms with E-state index in [0.717, 1.165) is 5.75 Å². The molecule has 0 N–H and O–H groups in total. The molecular formula is C9H14S2. The minimum atomic E-state index is 0.587. The van der Waals surface area contributed by atoms with Gasteiger partial charge in [-0.05, 0) is 25.0 Å². The summed E-state index contributed by atoms with van der Waals surface area (Å²) in [6.07, 6.45) is 8.36. The van der Waals surface area contributed by atoms with Crippen LogP contribution >= 0.6 is 24.0 Å². The van der Waals surface area contributed by atoms with Crippen molar-refractivity contribution in [2.45, 2.75) is 26.2 Å². The van der Waals surface area contributed by atoms with E-state index >= 15 is 0 Å². The zero-order valence-corrected chi connectivity index (χ0v) is 8.51. The topological polar surface area (TPSA) is 0 Å². The van der Waals surface area contributed by atoms with Crippen molar-refractivity contribution in [1.82, 2.24) is 0 Å². The van der Waals surface area contributed by atoms with Crippen molar-refractivity contribution < 1.29 is 0 Å². The highest BCUT2D eigenvalue weighted by atomic mass is 32.2. The third kappa shape index (κ3) is 2.96. The second-order valence-corrected chi connectivity index (χ2v) is 4.72. The molecule has 0 radical (unpaired) electrons. The molecule has 0 aromatic rings. The fourth-order valence-corrected chi connectivity index (χ4v) is 2.50. The van der Waals surface area contributed by atoms with Crippen molar-refractivity contribution in [1.29, 1.82) is 0 Å². The van der Waals surface area contributed by atoms with Gasteiger partial charge in [0.2, 0.25) is 0 Å². The number of hydrogen-bond acceptors (Lipinski definition) is 2. The van der Waals surface area contributed by atoms with Crippen LogP contribution in [0.5, 0.6) is 0 Å². The molecule has 0 amide bonds. The summed E-state index contributed by atoms with van der Waals surface area (Å²) in [5.41, 5.74) is 0. The smallest absolute Gasteiger partial charge is 0.0547 e. The third-order valence-electron chi connectivity index (χ3n) is 1.84. The van der Waals surface area contributed by atoms with E-state index in [0.29, 0.717) is 5.92 Å². The maximum Gasteiger partial charge on any atom is 0.0547 e. The number of rotatable bonds is 2. The minimum Gasteiger partial charge on any atom is -0.119 e. The lowest BCUT2D eigenvalue weighted by Crippen LogP contribution is -2.08. The van der Waals surface area contributed by atoms with Gasteiger partial charge in [0, 0.05) is 5.92 Å². The summed E-state index contributed by atoms with van der Waals surface area (Å²) in [7, 11) is 0. The normalized spacial score (nSPS) is 23.5. The van der Waals surface area contributed by atoms with E-state index in [9.17, 15) is 0 Å². The van der Waals surface area contributed by atoms with Crippen LogP contribution in [0.15, 0.2) is 12.2 Å². The van der Waals surface area contributed by atoms with Gasteiger partial charge >= 0.3 is 0 Å². The van der Waals surface area contributed by atoms with Gasteiger partial charge in [0.05, 0.1) is 4.20 Å². The van der Waals surface area contributed by atoms with E-state index in [1.807, 2.05) is 11.8 Å². The van der Waals surface area contributed by atoms with Gasteiger partial charge in [-0.2, -0.15) is 0 Å². The van der Waals surface area contributed by atoms with E-state index < -0.39 is 0 Å². The molecule has 0 bridgehead atoms. The van der Waals surface area contributed by atoms with Crippen LogP contribution in [0.25, 0.3) is 0 Å². The standard InChI is InChI=1S/C9H14S2/c1-2-11-9(10)8-6-4-3-5-7-8/h4,6,8H,2-3,5,7H2,1H3. The van der Waals surface area contributed by atoms with Gasteiger partial charge < -0.3 is 0 Å². The number of hydrogen-bond donors (Lipinski definition) is 0. The zero-order chi connectivity index (χ0) is 8.10. The van der Waals surface area contributed by atoms with Crippen molar-refractivity contribution in [3.05, 3.63) is 12.2 Å². The highest BCUT2D eigenvalue weighted by Gasteiger charge is 2.12. The number of thiocarbonyl (C=S) groups is 1. The van der Waals surface area contributed by atoms with Gasteiger partial charge in [0.25, 0.3) is 0 Å². The molecule has 0 saturated heterocycles. The fourth-order valence-electron chi connectivity index (χ4n) is 1.26. The predicted octanol–water partition coefficient (Wildman–Crippen LogP) is 3.42. The lowest BCUT2D eigenvalue weighted by molar-refractivity contribution is 0.665. The molecule has 1 aliphatic carbocycles. The first kappa shape index (κ1) is 9.27. The van der Waals surface area contributed by atoms with Crippen molar-refractivity contribution >= 4 is 28.2 Å². The predicted molar refractivity (Wildman–Crippen MR) is 57.2 cm³/mol. The summed E-state index contributed by atoms with van der Waals surface area (Å²) in [6.45, 7) is 2.16. The Hall–Kier alpha value is 0.180. The maximum absolute atomic E-state index is 5.28. The molecule has 11 heavy (non-hydrogen) atoms. The molecule has 1 rings (SSSR count). The molecule has 0 aliphatic heterocycles.